The maximum Gasteiger partial charge on any atom is 0.328 e. The van der Waals surface area contributed by atoms with Gasteiger partial charge in [0.2, 0.25) is 0 Å². The maximum atomic E-state index is 13.4. The summed E-state index contributed by atoms with van der Waals surface area (Å²) in [4.78, 5) is 33.7. The number of hydrogen-bond donors (Lipinski definition) is 2. The monoisotopic (exact) mass is 577 g/mol. The van der Waals surface area contributed by atoms with Crippen LogP contribution in [0.3, 0.4) is 0 Å². The third kappa shape index (κ3) is 7.38. The average molecular weight is 578 g/mol. The Balaban J connectivity index is 1.58. The first-order chi connectivity index (χ1) is 19.7. The van der Waals surface area contributed by atoms with Crippen LogP contribution in [-0.2, 0) is 22.7 Å². The van der Waals surface area contributed by atoms with Crippen molar-refractivity contribution in [2.45, 2.75) is 53.4 Å². The lowest BCUT2D eigenvalue weighted by molar-refractivity contribution is -0.144. The van der Waals surface area contributed by atoms with Gasteiger partial charge in [-0.1, -0.05) is 57.0 Å². The minimum absolute atomic E-state index is 0.119. The number of nitrogens with one attached hydrogen (secondary N) is 2. The van der Waals surface area contributed by atoms with E-state index in [0.29, 0.717) is 27.9 Å². The van der Waals surface area contributed by atoms with Gasteiger partial charge in [0.05, 0.1) is 18.1 Å². The molecule has 0 radical (unpaired) electrons. The number of aromatic amines is 1. The van der Waals surface area contributed by atoms with Crippen LogP contribution in [0.2, 0.25) is 5.02 Å². The molecule has 1 heterocycles. The molecule has 0 bridgehead atoms. The molecule has 2 N–H and O–H groups in total. The highest BCUT2D eigenvalue weighted by Crippen LogP contribution is 2.31. The van der Waals surface area contributed by atoms with Gasteiger partial charge in [-0.15, -0.1) is 0 Å². The van der Waals surface area contributed by atoms with Gasteiger partial charge in [0, 0.05) is 10.6 Å². The van der Waals surface area contributed by atoms with E-state index in [0.717, 1.165) is 28.6 Å². The zero-order valence-electron chi connectivity index (χ0n) is 24.0. The number of rotatable bonds is 12. The molecule has 9 heteroatoms. The number of aromatic nitrogens is 2. The van der Waals surface area contributed by atoms with Crippen molar-refractivity contribution in [2.24, 2.45) is 11.8 Å². The minimum atomic E-state index is -0.785. The standard InChI is InChI=1S/C32H36ClN3O5/c1-6-19(2)21(4)30(32(38)39-5)36-31(37)22-12-14-27(41-18-29-34-25-9-7-8-10-26(25)35-29)28(16-22)40-17-23-11-13-24(33)15-20(23)3/h7-16,19,21,30H,6,17-18H2,1-5H3,(H,34,35)(H,36,37). The predicted octanol–water partition coefficient (Wildman–Crippen LogP) is 6.64. The summed E-state index contributed by atoms with van der Waals surface area (Å²) in [5.41, 5.74) is 4.02. The largest absolute Gasteiger partial charge is 0.485 e. The third-order valence-corrected chi connectivity index (χ3v) is 7.74. The average Bonchev–Trinajstić information content (AvgIpc) is 3.40. The predicted molar refractivity (Wildman–Crippen MR) is 159 cm³/mol. The summed E-state index contributed by atoms with van der Waals surface area (Å²) in [6, 6.07) is 17.5. The first-order valence-corrected chi connectivity index (χ1v) is 14.0. The highest BCUT2D eigenvalue weighted by Gasteiger charge is 2.31. The maximum absolute atomic E-state index is 13.4. The fourth-order valence-electron chi connectivity index (χ4n) is 4.54. The fraction of sp³-hybridized carbons (Fsp3) is 0.344. The second-order valence-electron chi connectivity index (χ2n) is 10.2. The van der Waals surface area contributed by atoms with Gasteiger partial charge in [0.25, 0.3) is 5.91 Å². The zero-order chi connectivity index (χ0) is 29.5. The number of halogens is 1. The van der Waals surface area contributed by atoms with Gasteiger partial charge in [0.15, 0.2) is 11.5 Å². The van der Waals surface area contributed by atoms with Crippen molar-refractivity contribution >= 4 is 34.5 Å². The number of benzene rings is 3. The second kappa shape index (κ2) is 13.5. The number of esters is 1. The molecular formula is C32H36ClN3O5. The lowest BCUT2D eigenvalue weighted by Crippen LogP contribution is -2.47. The van der Waals surface area contributed by atoms with E-state index in [1.54, 1.807) is 18.2 Å². The summed E-state index contributed by atoms with van der Waals surface area (Å²) in [5.74, 6) is 0.686. The molecule has 0 saturated carbocycles. The van der Waals surface area contributed by atoms with Crippen LogP contribution in [0.1, 0.15) is 54.5 Å². The quantitative estimate of drug-likeness (QED) is 0.183. The number of carbonyl (C=O) groups excluding carboxylic acids is 2. The second-order valence-corrected chi connectivity index (χ2v) is 10.7. The number of H-pyrrole nitrogens is 1. The molecule has 3 unspecified atom stereocenters. The molecule has 0 fully saturated rings. The number of ether oxygens (including phenoxy) is 3. The molecule has 0 spiro atoms. The van der Waals surface area contributed by atoms with Gasteiger partial charge in [-0.25, -0.2) is 9.78 Å². The Morgan fingerprint density at radius 3 is 2.46 bits per heavy atom. The van der Waals surface area contributed by atoms with Crippen LogP contribution in [0.15, 0.2) is 60.7 Å². The summed E-state index contributed by atoms with van der Waals surface area (Å²) in [5, 5.41) is 3.51. The van der Waals surface area contributed by atoms with Gasteiger partial charge in [-0.2, -0.15) is 0 Å². The van der Waals surface area contributed by atoms with E-state index in [9.17, 15) is 9.59 Å². The Morgan fingerprint density at radius 2 is 1.76 bits per heavy atom. The summed E-state index contributed by atoms with van der Waals surface area (Å²) in [7, 11) is 1.32. The number of imidazole rings is 1. The van der Waals surface area contributed by atoms with E-state index >= 15 is 0 Å². The van der Waals surface area contributed by atoms with Crippen LogP contribution < -0.4 is 14.8 Å². The number of aryl methyl sites for hydroxylation is 1. The molecule has 4 rings (SSSR count). The van der Waals surface area contributed by atoms with Gasteiger partial charge in [0.1, 0.15) is 25.1 Å². The molecule has 3 atom stereocenters. The Morgan fingerprint density at radius 1 is 1.00 bits per heavy atom. The smallest absolute Gasteiger partial charge is 0.328 e. The number of amides is 1. The Labute approximate surface area is 245 Å². The van der Waals surface area contributed by atoms with Crippen LogP contribution in [0, 0.1) is 18.8 Å². The fourth-order valence-corrected chi connectivity index (χ4v) is 4.76. The van der Waals surface area contributed by atoms with Gasteiger partial charge < -0.3 is 24.5 Å². The Hall–Kier alpha value is -4.04. The van der Waals surface area contributed by atoms with Crippen LogP contribution in [0.25, 0.3) is 11.0 Å². The van der Waals surface area contributed by atoms with E-state index in [1.807, 2.05) is 70.2 Å². The molecule has 0 aliphatic rings. The van der Waals surface area contributed by atoms with E-state index in [1.165, 1.54) is 7.11 Å². The normalized spacial score (nSPS) is 13.3. The van der Waals surface area contributed by atoms with E-state index in [-0.39, 0.29) is 25.0 Å². The number of nitrogens with zero attached hydrogens (tertiary/aromatic N) is 1. The molecule has 216 valence electrons. The summed E-state index contributed by atoms with van der Waals surface area (Å²) in [6.45, 7) is 8.41. The van der Waals surface area contributed by atoms with Crippen molar-refractivity contribution in [2.75, 3.05) is 7.11 Å². The van der Waals surface area contributed by atoms with Crippen molar-refractivity contribution in [1.29, 1.82) is 0 Å². The van der Waals surface area contributed by atoms with Gasteiger partial charge in [-0.3, -0.25) is 4.79 Å². The first kappa shape index (κ1) is 29.9. The topological polar surface area (TPSA) is 103 Å². The molecule has 41 heavy (non-hydrogen) atoms. The molecule has 4 aromatic rings. The molecule has 1 amide bonds. The summed E-state index contributed by atoms with van der Waals surface area (Å²) < 4.78 is 17.3. The molecular weight excluding hydrogens is 542 g/mol. The number of fused-ring (bicyclic) bond motifs is 1. The van der Waals surface area contributed by atoms with Crippen molar-refractivity contribution < 1.29 is 23.8 Å². The number of methoxy groups -OCH3 is 1. The lowest BCUT2D eigenvalue weighted by atomic mass is 9.87. The highest BCUT2D eigenvalue weighted by molar-refractivity contribution is 6.30. The Bertz CT molecular complexity index is 1490. The minimum Gasteiger partial charge on any atom is -0.485 e. The SMILES string of the molecule is CCC(C)C(C)C(NC(=O)c1ccc(OCc2nc3ccccc3[nH]2)c(OCc2ccc(Cl)cc2C)c1)C(=O)OC. The van der Waals surface area contributed by atoms with Crippen molar-refractivity contribution in [1.82, 2.24) is 15.3 Å². The van der Waals surface area contributed by atoms with Crippen molar-refractivity contribution in [3.8, 4) is 11.5 Å². The molecule has 1 aromatic heterocycles. The number of carbonyl (C=O) groups is 2. The molecule has 0 saturated heterocycles. The van der Waals surface area contributed by atoms with Crippen LogP contribution in [0.5, 0.6) is 11.5 Å². The van der Waals surface area contributed by atoms with Crippen LogP contribution in [0.4, 0.5) is 0 Å². The van der Waals surface area contributed by atoms with E-state index in [4.69, 9.17) is 25.8 Å². The Kier molecular flexibility index (Phi) is 9.89. The first-order valence-electron chi connectivity index (χ1n) is 13.7. The third-order valence-electron chi connectivity index (χ3n) is 7.51. The highest BCUT2D eigenvalue weighted by atomic mass is 35.5. The van der Waals surface area contributed by atoms with E-state index in [2.05, 4.69) is 15.3 Å². The van der Waals surface area contributed by atoms with Gasteiger partial charge in [-0.05, 0) is 72.4 Å². The van der Waals surface area contributed by atoms with Crippen molar-refractivity contribution in [3.63, 3.8) is 0 Å². The molecule has 3 aromatic carbocycles. The van der Waals surface area contributed by atoms with Gasteiger partial charge >= 0.3 is 5.97 Å². The van der Waals surface area contributed by atoms with Crippen molar-refractivity contribution in [3.05, 3.63) is 88.2 Å². The molecule has 8 nitrogen and oxygen atoms in total. The number of para-hydroxylation sites is 2. The van der Waals surface area contributed by atoms with E-state index < -0.39 is 17.9 Å². The molecule has 0 aliphatic carbocycles. The number of hydrogen-bond acceptors (Lipinski definition) is 6. The summed E-state index contributed by atoms with van der Waals surface area (Å²) >= 11 is 6.12. The zero-order valence-corrected chi connectivity index (χ0v) is 24.7. The summed E-state index contributed by atoms with van der Waals surface area (Å²) in [6.07, 6.45) is 0.865. The lowest BCUT2D eigenvalue weighted by Gasteiger charge is -2.27. The van der Waals surface area contributed by atoms with Crippen LogP contribution in [-0.4, -0.2) is 35.0 Å². The molecule has 0 aliphatic heterocycles. The van der Waals surface area contributed by atoms with Crippen LogP contribution >= 0.6 is 11.6 Å².